The first-order chi connectivity index (χ1) is 15.1. The number of hydrogen-bond donors (Lipinski definition) is 3. The molecule has 5 nitrogen and oxygen atoms in total. The lowest BCUT2D eigenvalue weighted by atomic mass is 9.96. The zero-order valence-electron chi connectivity index (χ0n) is 16.4. The number of rotatable bonds is 3. The quantitative estimate of drug-likeness (QED) is 0.365. The molecule has 6 heteroatoms. The predicted molar refractivity (Wildman–Crippen MR) is 126 cm³/mol. The van der Waals surface area contributed by atoms with Crippen molar-refractivity contribution in [2.45, 2.75) is 0 Å². The van der Waals surface area contributed by atoms with E-state index in [0.717, 1.165) is 39.0 Å². The summed E-state index contributed by atoms with van der Waals surface area (Å²) in [5, 5.41) is 18.7. The molecule has 152 valence electrons. The number of aromatic hydroxyl groups is 1. The molecular formula is C25H18ClN3O2. The Bertz CT molecular complexity index is 1330. The summed E-state index contributed by atoms with van der Waals surface area (Å²) in [4.78, 5) is 16.9. The summed E-state index contributed by atoms with van der Waals surface area (Å²) >= 11 is 6.19. The summed E-state index contributed by atoms with van der Waals surface area (Å²) in [6.45, 7) is 0.0613. The molecule has 0 atom stereocenters. The summed E-state index contributed by atoms with van der Waals surface area (Å²) < 4.78 is 0. The van der Waals surface area contributed by atoms with Gasteiger partial charge in [-0.05, 0) is 29.7 Å². The van der Waals surface area contributed by atoms with Gasteiger partial charge < -0.3 is 15.7 Å². The summed E-state index contributed by atoms with van der Waals surface area (Å²) in [5.74, 6) is -0.0600. The lowest BCUT2D eigenvalue weighted by molar-refractivity contribution is -0.114. The van der Waals surface area contributed by atoms with Crippen molar-refractivity contribution in [3.8, 4) is 5.75 Å². The molecule has 1 aliphatic heterocycles. The van der Waals surface area contributed by atoms with Crippen LogP contribution in [0.1, 0.15) is 11.1 Å². The topological polar surface area (TPSA) is 73.7 Å². The van der Waals surface area contributed by atoms with Gasteiger partial charge in [-0.2, -0.15) is 0 Å². The molecule has 1 aliphatic rings. The van der Waals surface area contributed by atoms with Gasteiger partial charge in [0, 0.05) is 22.2 Å². The zero-order chi connectivity index (χ0) is 21.4. The number of phenolic OH excluding ortho intramolecular Hbond substituents is 1. The van der Waals surface area contributed by atoms with Gasteiger partial charge >= 0.3 is 0 Å². The average Bonchev–Trinajstić information content (AvgIpc) is 2.95. The van der Waals surface area contributed by atoms with Gasteiger partial charge in [-0.3, -0.25) is 9.79 Å². The molecule has 4 aromatic rings. The van der Waals surface area contributed by atoms with Crippen LogP contribution in [0.3, 0.4) is 0 Å². The third kappa shape index (κ3) is 3.60. The van der Waals surface area contributed by atoms with E-state index in [2.05, 4.69) is 15.6 Å². The largest absolute Gasteiger partial charge is 0.506 e. The maximum Gasteiger partial charge on any atom is 0.246 e. The van der Waals surface area contributed by atoms with Crippen LogP contribution >= 0.6 is 11.6 Å². The molecule has 0 bridgehead atoms. The first-order valence-corrected chi connectivity index (χ1v) is 10.2. The number of carbonyl (C=O) groups excluding carboxylic acids is 1. The van der Waals surface area contributed by atoms with Gasteiger partial charge in [0.1, 0.15) is 12.3 Å². The third-order valence-electron chi connectivity index (χ3n) is 5.25. The molecule has 3 N–H and O–H groups in total. The highest BCUT2D eigenvalue weighted by Gasteiger charge is 2.20. The molecule has 0 saturated heterocycles. The Hall–Kier alpha value is -3.83. The van der Waals surface area contributed by atoms with E-state index in [4.69, 9.17) is 11.6 Å². The molecule has 0 spiro atoms. The fourth-order valence-corrected chi connectivity index (χ4v) is 3.97. The van der Waals surface area contributed by atoms with Gasteiger partial charge in [0.2, 0.25) is 5.91 Å². The SMILES string of the molecule is O=C1CN=C(c2ccc(Nc3c(O)cccc3Cl)cc2)c2ccc3ccccc3c2N1. The number of halogens is 1. The third-order valence-corrected chi connectivity index (χ3v) is 5.56. The van der Waals surface area contributed by atoms with Crippen LogP contribution in [0, 0.1) is 0 Å². The van der Waals surface area contributed by atoms with E-state index < -0.39 is 0 Å². The van der Waals surface area contributed by atoms with E-state index in [0.29, 0.717) is 10.7 Å². The van der Waals surface area contributed by atoms with E-state index >= 15 is 0 Å². The fraction of sp³-hybridized carbons (Fsp3) is 0.0400. The minimum atomic E-state index is -0.139. The van der Waals surface area contributed by atoms with Gasteiger partial charge in [-0.15, -0.1) is 0 Å². The van der Waals surface area contributed by atoms with Crippen LogP contribution < -0.4 is 10.6 Å². The second kappa shape index (κ2) is 7.78. The number of carbonyl (C=O) groups is 1. The molecular weight excluding hydrogens is 410 g/mol. The molecule has 5 rings (SSSR count). The molecule has 0 aliphatic carbocycles. The minimum Gasteiger partial charge on any atom is -0.506 e. The Morgan fingerprint density at radius 3 is 2.55 bits per heavy atom. The standard InChI is InChI=1S/C25H18ClN3O2/c26-20-6-3-7-21(30)25(20)28-17-11-8-16(9-12-17)23-19-13-10-15-4-1-2-5-18(15)24(19)29-22(31)14-27-23/h1-13,28,30H,14H2,(H,29,31). The lowest BCUT2D eigenvalue weighted by Crippen LogP contribution is -2.13. The van der Waals surface area contributed by atoms with Crippen LogP contribution in [0.4, 0.5) is 17.1 Å². The second-order valence-electron chi connectivity index (χ2n) is 7.26. The number of nitrogens with zero attached hydrogens (tertiary/aromatic N) is 1. The van der Waals surface area contributed by atoms with Crippen molar-refractivity contribution in [3.63, 3.8) is 0 Å². The Balaban J connectivity index is 1.53. The molecule has 31 heavy (non-hydrogen) atoms. The number of nitrogens with one attached hydrogen (secondary N) is 2. The Morgan fingerprint density at radius 2 is 1.74 bits per heavy atom. The average molecular weight is 428 g/mol. The second-order valence-corrected chi connectivity index (χ2v) is 7.67. The Kier molecular flexibility index (Phi) is 4.81. The van der Waals surface area contributed by atoms with Crippen molar-refractivity contribution in [1.29, 1.82) is 0 Å². The number of phenols is 1. The first kappa shape index (κ1) is 19.2. The number of anilines is 3. The van der Waals surface area contributed by atoms with Crippen LogP contribution in [0.2, 0.25) is 5.02 Å². The minimum absolute atomic E-state index is 0.0613. The van der Waals surface area contributed by atoms with Crippen molar-refractivity contribution >= 4 is 51.1 Å². The van der Waals surface area contributed by atoms with Gasteiger partial charge in [-0.25, -0.2) is 0 Å². The maximum absolute atomic E-state index is 12.3. The van der Waals surface area contributed by atoms with Crippen LogP contribution in [0.25, 0.3) is 10.8 Å². The van der Waals surface area contributed by atoms with Crippen molar-refractivity contribution < 1.29 is 9.90 Å². The molecule has 1 heterocycles. The number of fused-ring (bicyclic) bond motifs is 3. The van der Waals surface area contributed by atoms with Gasteiger partial charge in [0.05, 0.1) is 22.1 Å². The molecule has 0 unspecified atom stereocenters. The van der Waals surface area contributed by atoms with Crippen molar-refractivity contribution in [1.82, 2.24) is 0 Å². The molecule has 4 aromatic carbocycles. The maximum atomic E-state index is 12.3. The smallest absolute Gasteiger partial charge is 0.246 e. The van der Waals surface area contributed by atoms with E-state index in [1.807, 2.05) is 60.7 Å². The summed E-state index contributed by atoms with van der Waals surface area (Å²) in [6, 6.07) is 24.6. The first-order valence-electron chi connectivity index (χ1n) is 9.81. The van der Waals surface area contributed by atoms with Crippen molar-refractivity contribution in [3.05, 3.63) is 95.0 Å². The summed E-state index contributed by atoms with van der Waals surface area (Å²) in [5.41, 5.74) is 4.54. The fourth-order valence-electron chi connectivity index (χ4n) is 3.76. The predicted octanol–water partition coefficient (Wildman–Crippen LogP) is 5.73. The summed E-state index contributed by atoms with van der Waals surface area (Å²) in [6.07, 6.45) is 0. The van der Waals surface area contributed by atoms with Crippen LogP contribution in [-0.2, 0) is 4.79 Å². The highest BCUT2D eigenvalue weighted by Crippen LogP contribution is 2.34. The van der Waals surface area contributed by atoms with Gasteiger partial charge in [0.25, 0.3) is 0 Å². The highest BCUT2D eigenvalue weighted by molar-refractivity contribution is 6.33. The van der Waals surface area contributed by atoms with E-state index in [1.54, 1.807) is 18.2 Å². The van der Waals surface area contributed by atoms with Gasteiger partial charge in [-0.1, -0.05) is 66.2 Å². The van der Waals surface area contributed by atoms with Crippen molar-refractivity contribution in [2.75, 3.05) is 17.2 Å². The highest BCUT2D eigenvalue weighted by atomic mass is 35.5. The van der Waals surface area contributed by atoms with Crippen molar-refractivity contribution in [2.24, 2.45) is 4.99 Å². The zero-order valence-corrected chi connectivity index (χ0v) is 17.1. The number of para-hydroxylation sites is 1. The number of benzene rings is 4. The summed E-state index contributed by atoms with van der Waals surface area (Å²) in [7, 11) is 0. The number of aliphatic imine (C=N–C) groups is 1. The van der Waals surface area contributed by atoms with Gasteiger partial charge in [0.15, 0.2) is 0 Å². The number of hydrogen-bond acceptors (Lipinski definition) is 4. The molecule has 0 fully saturated rings. The van der Waals surface area contributed by atoms with Crippen LogP contribution in [0.5, 0.6) is 5.75 Å². The van der Waals surface area contributed by atoms with Crippen LogP contribution in [0.15, 0.2) is 83.9 Å². The van der Waals surface area contributed by atoms with E-state index in [-0.39, 0.29) is 18.2 Å². The molecule has 0 saturated carbocycles. The normalized spacial score (nSPS) is 13.2. The molecule has 0 radical (unpaired) electrons. The monoisotopic (exact) mass is 427 g/mol. The van der Waals surface area contributed by atoms with Crippen LogP contribution in [-0.4, -0.2) is 23.3 Å². The Labute approximate surface area is 184 Å². The van der Waals surface area contributed by atoms with E-state index in [9.17, 15) is 9.90 Å². The number of amides is 1. The van der Waals surface area contributed by atoms with E-state index in [1.165, 1.54) is 0 Å². The molecule has 1 amide bonds. The lowest BCUT2D eigenvalue weighted by Gasteiger charge is -2.14. The molecule has 0 aromatic heterocycles. The Morgan fingerprint density at radius 1 is 0.935 bits per heavy atom.